The van der Waals surface area contributed by atoms with Crippen LogP contribution in [0.5, 0.6) is 0 Å². The van der Waals surface area contributed by atoms with E-state index < -0.39 is 17.5 Å². The van der Waals surface area contributed by atoms with Gasteiger partial charge in [-0.2, -0.15) is 0 Å². The number of carboxylic acid groups (broad SMARTS) is 2. The van der Waals surface area contributed by atoms with Crippen LogP contribution in [0.4, 0.5) is 17.1 Å². The van der Waals surface area contributed by atoms with E-state index in [1.165, 1.54) is 140 Å². The molecule has 10 nitrogen and oxygen atoms in total. The third-order valence-corrected chi connectivity index (χ3v) is 26.3. The lowest BCUT2D eigenvalue weighted by molar-refractivity contribution is -0.140. The van der Waals surface area contributed by atoms with E-state index in [9.17, 15) is 19.8 Å². The smallest absolute Gasteiger partial charge is 0.343 e. The quantitative estimate of drug-likeness (QED) is 0.0127. The predicted molar refractivity (Wildman–Crippen MR) is 461 cm³/mol. The zero-order chi connectivity index (χ0) is 76.4. The van der Waals surface area contributed by atoms with Crippen molar-refractivity contribution in [1.82, 2.24) is 14.8 Å². The second-order valence-electron chi connectivity index (χ2n) is 30.2. The molecule has 2 aliphatic heterocycles. The summed E-state index contributed by atoms with van der Waals surface area (Å²) < 4.78 is 0. The molecule has 2 aliphatic rings. The molecular formula is C93H111BN4O6S4. The lowest BCUT2D eigenvalue weighted by Gasteiger charge is -2.26. The highest BCUT2D eigenvalue weighted by Crippen LogP contribution is 2.51. The van der Waals surface area contributed by atoms with Crippen molar-refractivity contribution in [2.24, 2.45) is 0 Å². The first kappa shape index (κ1) is 80.8. The summed E-state index contributed by atoms with van der Waals surface area (Å²) in [5.41, 5.74) is 19.1. The highest BCUT2D eigenvalue weighted by molar-refractivity contribution is 7.28. The Morgan fingerprint density at radius 2 is 0.815 bits per heavy atom. The van der Waals surface area contributed by atoms with Gasteiger partial charge in [0.15, 0.2) is 0 Å². The highest BCUT2D eigenvalue weighted by atomic mass is 32.1. The van der Waals surface area contributed by atoms with Crippen molar-refractivity contribution in [3.05, 3.63) is 209 Å². The average Bonchev–Trinajstić information content (AvgIpc) is 1.52. The lowest BCUT2D eigenvalue weighted by Crippen LogP contribution is -2.56. The van der Waals surface area contributed by atoms with E-state index in [-0.39, 0.29) is 18.5 Å². The van der Waals surface area contributed by atoms with Crippen LogP contribution >= 0.6 is 45.3 Å². The van der Waals surface area contributed by atoms with Gasteiger partial charge in [0.05, 0.1) is 37.2 Å². The normalized spacial score (nSPS) is 12.9. The molecule has 0 fully saturated rings. The average molecular weight is 1520 g/mol. The second kappa shape index (κ2) is 38.9. The summed E-state index contributed by atoms with van der Waals surface area (Å²) in [6.45, 7) is 22.7. The summed E-state index contributed by atoms with van der Waals surface area (Å²) >= 11 is 6.12. The molecule has 0 bridgehead atoms. The number of nitrogens with zero attached hydrogens (tertiary/aromatic N) is 4. The van der Waals surface area contributed by atoms with E-state index in [2.05, 4.69) is 202 Å². The van der Waals surface area contributed by atoms with Crippen LogP contribution in [0.1, 0.15) is 241 Å². The van der Waals surface area contributed by atoms with E-state index in [1.54, 1.807) is 40.2 Å². The standard InChI is InChI=1S/C93H111BN4O6S4/c1-11-15-19-23-27-31-35-68-37-43-71(44-38-68)98(72-45-39-69(40-46-72)36-32-28-24-20-16-12-2)73-47-41-70(42-48-73)77-49-51-79(106-77)86-82-83(91(100)96(86)53-33-29-25-21-17-13-3)87(97(90(82)99)54-34-30-26-22-18-14-4)80-52-50-78(107-80)81-60-76(88(108-81)89-95-61-74(105-89)59-75(92(101)102)93(103)104)94(84-64(7)55-62(5)56-65(84)8)85-66(9)57-63(6)58-67(85)10/h37-52,55-61H,11-36,53-54H2,1-10H3,(H,101,102)(H,103,104). The van der Waals surface area contributed by atoms with Crippen LogP contribution < -0.4 is 21.3 Å². The molecule has 2 amide bonds. The summed E-state index contributed by atoms with van der Waals surface area (Å²) in [4.78, 5) is 73.7. The predicted octanol–water partition coefficient (Wildman–Crippen LogP) is 24.1. The molecule has 0 saturated heterocycles. The number of carbonyl (C=O) groups is 4. The van der Waals surface area contributed by atoms with Gasteiger partial charge in [0.2, 0.25) is 6.71 Å². The zero-order valence-corrected chi connectivity index (χ0v) is 68.9. The number of carbonyl (C=O) groups excluding carboxylic acids is 2. The summed E-state index contributed by atoms with van der Waals surface area (Å²) in [5.74, 6) is -3.30. The first-order chi connectivity index (χ1) is 52.4. The molecule has 108 heavy (non-hydrogen) atoms. The molecule has 0 atom stereocenters. The van der Waals surface area contributed by atoms with Crippen molar-refractivity contribution >= 4 is 127 Å². The number of aliphatic carboxylic acids is 2. The number of amides is 2. The molecular weight excluding hydrogens is 1410 g/mol. The maximum Gasteiger partial charge on any atom is 0.343 e. The maximum atomic E-state index is 16.0. The fraction of sp³-hybridized carbons (Fsp3) is 0.409. The Morgan fingerprint density at radius 3 is 1.24 bits per heavy atom. The summed E-state index contributed by atoms with van der Waals surface area (Å²) in [6.07, 6.45) is 32.9. The minimum absolute atomic E-state index is 0.124. The molecule has 9 aromatic rings. The molecule has 15 heteroatoms. The van der Waals surface area contributed by atoms with E-state index in [0.29, 0.717) is 45.5 Å². The Kier molecular flexibility index (Phi) is 29.1. The number of hydrogen-bond donors (Lipinski definition) is 2. The molecule has 0 spiro atoms. The molecule has 11 rings (SSSR count). The van der Waals surface area contributed by atoms with Crippen molar-refractivity contribution in [3.8, 4) is 30.1 Å². The molecule has 6 heterocycles. The Bertz CT molecular complexity index is 4500. The van der Waals surface area contributed by atoms with E-state index >= 15 is 9.59 Å². The Balaban J connectivity index is 0.993. The lowest BCUT2D eigenvalue weighted by atomic mass is 9.34. The molecule has 5 aromatic carbocycles. The minimum Gasteiger partial charge on any atom is -0.477 e. The zero-order valence-electron chi connectivity index (χ0n) is 65.6. The fourth-order valence-electron chi connectivity index (χ4n) is 16.2. The topological polar surface area (TPSA) is 131 Å². The Morgan fingerprint density at radius 1 is 0.435 bits per heavy atom. The molecule has 0 saturated carbocycles. The van der Waals surface area contributed by atoms with Crippen molar-refractivity contribution in [1.29, 1.82) is 0 Å². The SMILES string of the molecule is CCCCCCCCc1ccc(N(c2ccc(CCCCCCCC)cc2)c2ccc(-c3ccc(C4=C5C(=O)N(CCCCCCCC)C(c6ccc(-c7cc(B(c8c(C)cc(C)cc8C)c8c(C)cc(C)cc8C)c(-c8ncc(C=C(C(=O)O)C(=O)O)s8)s7)s6)=C5C(=O)N4CCCCCCCC)s3)cc2)cc1. The molecule has 4 aromatic heterocycles. The monoisotopic (exact) mass is 1520 g/mol. The van der Waals surface area contributed by atoms with Gasteiger partial charge in [-0.15, -0.1) is 45.3 Å². The van der Waals surface area contributed by atoms with Crippen molar-refractivity contribution in [2.75, 3.05) is 18.0 Å². The van der Waals surface area contributed by atoms with Gasteiger partial charge in [0, 0.05) is 55.9 Å². The first-order valence-corrected chi connectivity index (χ1v) is 43.5. The Hall–Kier alpha value is -8.21. The van der Waals surface area contributed by atoms with Crippen LogP contribution in [0.15, 0.2) is 150 Å². The number of fused-ring (bicyclic) bond motifs is 1. The van der Waals surface area contributed by atoms with Gasteiger partial charge in [0.1, 0.15) is 10.6 Å². The third kappa shape index (κ3) is 19.5. The van der Waals surface area contributed by atoms with E-state index in [0.717, 1.165) is 157 Å². The number of carboxylic acids is 2. The van der Waals surface area contributed by atoms with Gasteiger partial charge >= 0.3 is 11.9 Å². The van der Waals surface area contributed by atoms with Gasteiger partial charge in [-0.1, -0.05) is 261 Å². The molecule has 0 radical (unpaired) electrons. The van der Waals surface area contributed by atoms with Gasteiger partial charge in [-0.25, -0.2) is 14.6 Å². The van der Waals surface area contributed by atoms with Crippen molar-refractivity contribution < 1.29 is 29.4 Å². The van der Waals surface area contributed by atoms with Crippen LogP contribution in [-0.2, 0) is 32.0 Å². The number of unbranched alkanes of at least 4 members (excludes halogenated alkanes) is 20. The molecule has 0 aliphatic carbocycles. The van der Waals surface area contributed by atoms with E-state index in [1.807, 2.05) is 9.80 Å². The number of aromatic nitrogens is 1. The van der Waals surface area contributed by atoms with Gasteiger partial charge in [-0.05, 0) is 175 Å². The molecule has 0 unspecified atom stereocenters. The maximum absolute atomic E-state index is 16.0. The number of thiophene rings is 3. The first-order valence-electron chi connectivity index (χ1n) is 40.3. The third-order valence-electron chi connectivity index (χ3n) is 21.6. The highest BCUT2D eigenvalue weighted by Gasteiger charge is 2.49. The number of benzene rings is 5. The molecule has 2 N–H and O–H groups in total. The summed E-state index contributed by atoms with van der Waals surface area (Å²) in [6, 6.07) is 47.2. The molecule has 566 valence electrons. The van der Waals surface area contributed by atoms with Crippen LogP contribution in [-0.4, -0.2) is 68.6 Å². The summed E-state index contributed by atoms with van der Waals surface area (Å²) in [5, 5.41) is 20.5. The van der Waals surface area contributed by atoms with Crippen LogP contribution in [0.25, 0.3) is 47.5 Å². The van der Waals surface area contributed by atoms with Crippen molar-refractivity contribution in [2.45, 2.75) is 236 Å². The second-order valence-corrected chi connectivity index (χ2v) is 34.4. The van der Waals surface area contributed by atoms with Gasteiger partial charge < -0.3 is 24.9 Å². The minimum atomic E-state index is -1.53. The van der Waals surface area contributed by atoms with Gasteiger partial charge in [-0.3, -0.25) is 9.59 Å². The van der Waals surface area contributed by atoms with Crippen molar-refractivity contribution in [3.63, 3.8) is 0 Å². The van der Waals surface area contributed by atoms with Crippen LogP contribution in [0, 0.1) is 41.5 Å². The number of anilines is 3. The Labute approximate surface area is 659 Å². The number of rotatable bonds is 42. The summed E-state index contributed by atoms with van der Waals surface area (Å²) in [7, 11) is 0. The number of thiazole rings is 1. The largest absolute Gasteiger partial charge is 0.477 e. The van der Waals surface area contributed by atoms with Crippen LogP contribution in [0.3, 0.4) is 0 Å². The van der Waals surface area contributed by atoms with E-state index in [4.69, 9.17) is 4.98 Å². The fourth-order valence-corrected chi connectivity index (χ4v) is 20.6. The van der Waals surface area contributed by atoms with Gasteiger partial charge in [0.25, 0.3) is 11.8 Å². The number of hydrogen-bond acceptors (Lipinski definition) is 10. The van der Waals surface area contributed by atoms with Crippen LogP contribution in [0.2, 0.25) is 0 Å². The number of aryl methyl sites for hydroxylation is 8.